The number of aryl methyl sites for hydroxylation is 2. The van der Waals surface area contributed by atoms with Crippen molar-refractivity contribution in [1.82, 2.24) is 0 Å². The lowest BCUT2D eigenvalue weighted by Crippen LogP contribution is -2.24. The molecule has 0 unspecified atom stereocenters. The fourth-order valence-electron chi connectivity index (χ4n) is 1.90. The van der Waals surface area contributed by atoms with Gasteiger partial charge in [0.25, 0.3) is 0 Å². The Labute approximate surface area is 84.7 Å². The van der Waals surface area contributed by atoms with E-state index in [2.05, 4.69) is 0 Å². The second-order valence-electron chi connectivity index (χ2n) is 4.63. The molecule has 3 N–H and O–H groups in total. The van der Waals surface area contributed by atoms with Crippen LogP contribution in [-0.4, -0.2) is 10.6 Å². The lowest BCUT2D eigenvalue weighted by atomic mass is 9.99. The molecule has 76 valence electrons. The molecule has 2 nitrogen and oxygen atoms in total. The maximum absolute atomic E-state index is 9.86. The Morgan fingerprint density at radius 3 is 2.57 bits per heavy atom. The van der Waals surface area contributed by atoms with Crippen LogP contribution in [0.15, 0.2) is 12.1 Å². The lowest BCUT2D eigenvalue weighted by molar-refractivity contribution is 0.459. The summed E-state index contributed by atoms with van der Waals surface area (Å²) in [5.41, 5.74) is 9.15. The zero-order chi connectivity index (χ0) is 10.3. The van der Waals surface area contributed by atoms with Crippen molar-refractivity contribution in [2.24, 2.45) is 5.73 Å². The van der Waals surface area contributed by atoms with E-state index in [1.807, 2.05) is 26.0 Å². The highest BCUT2D eigenvalue weighted by molar-refractivity contribution is 5.44. The van der Waals surface area contributed by atoms with Crippen molar-refractivity contribution in [3.63, 3.8) is 0 Å². The zero-order valence-corrected chi connectivity index (χ0v) is 8.80. The molecule has 2 heteroatoms. The van der Waals surface area contributed by atoms with Gasteiger partial charge in [-0.25, -0.2) is 0 Å². The van der Waals surface area contributed by atoms with Gasteiger partial charge in [-0.05, 0) is 44.2 Å². The maximum Gasteiger partial charge on any atom is 0.121 e. The zero-order valence-electron chi connectivity index (χ0n) is 8.80. The highest BCUT2D eigenvalue weighted by atomic mass is 16.3. The third-order valence-corrected chi connectivity index (χ3v) is 2.96. The van der Waals surface area contributed by atoms with Gasteiger partial charge in [0.2, 0.25) is 0 Å². The normalized spacial score (nSPS) is 18.2. The van der Waals surface area contributed by atoms with Crippen LogP contribution < -0.4 is 5.73 Å². The van der Waals surface area contributed by atoms with E-state index in [9.17, 15) is 5.11 Å². The number of phenols is 1. The quantitative estimate of drug-likeness (QED) is 0.751. The predicted octanol–water partition coefficient (Wildman–Crippen LogP) is 2.04. The van der Waals surface area contributed by atoms with E-state index in [1.165, 1.54) is 5.56 Å². The minimum atomic E-state index is -0.0300. The third kappa shape index (κ3) is 1.75. The molecule has 0 bridgehead atoms. The molecular weight excluding hydrogens is 174 g/mol. The summed E-state index contributed by atoms with van der Waals surface area (Å²) in [4.78, 5) is 0. The number of phenolic OH excluding ortho intramolecular Hbond substituents is 1. The van der Waals surface area contributed by atoms with E-state index < -0.39 is 0 Å². The van der Waals surface area contributed by atoms with Gasteiger partial charge in [0.1, 0.15) is 5.75 Å². The summed E-state index contributed by atoms with van der Waals surface area (Å²) in [5.74, 6) is 0.423. The molecule has 1 aliphatic rings. The average molecular weight is 191 g/mol. The van der Waals surface area contributed by atoms with Crippen LogP contribution in [0.2, 0.25) is 0 Å². The summed E-state index contributed by atoms with van der Waals surface area (Å²) in [6, 6.07) is 4.03. The first-order chi connectivity index (χ1) is 6.50. The fraction of sp³-hybridized carbons (Fsp3) is 0.500. The number of nitrogens with two attached hydrogens (primary N) is 1. The summed E-state index contributed by atoms with van der Waals surface area (Å²) in [6.45, 7) is 3.98. The van der Waals surface area contributed by atoms with E-state index >= 15 is 0 Å². The van der Waals surface area contributed by atoms with Gasteiger partial charge in [-0.15, -0.1) is 0 Å². The minimum Gasteiger partial charge on any atom is -0.507 e. The van der Waals surface area contributed by atoms with Crippen LogP contribution >= 0.6 is 0 Å². The topological polar surface area (TPSA) is 46.2 Å². The molecule has 0 radical (unpaired) electrons. The van der Waals surface area contributed by atoms with Crippen LogP contribution in [-0.2, 0) is 6.42 Å². The molecule has 0 amide bonds. The summed E-state index contributed by atoms with van der Waals surface area (Å²) in [7, 11) is 0. The van der Waals surface area contributed by atoms with Gasteiger partial charge in [-0.1, -0.05) is 17.7 Å². The maximum atomic E-state index is 9.86. The van der Waals surface area contributed by atoms with E-state index in [4.69, 9.17) is 5.73 Å². The summed E-state index contributed by atoms with van der Waals surface area (Å²) < 4.78 is 0. The van der Waals surface area contributed by atoms with E-state index in [1.54, 1.807) is 0 Å². The van der Waals surface area contributed by atoms with Crippen molar-refractivity contribution in [3.05, 3.63) is 28.8 Å². The monoisotopic (exact) mass is 191 g/mol. The Hall–Kier alpha value is -1.02. The van der Waals surface area contributed by atoms with Gasteiger partial charge < -0.3 is 10.8 Å². The molecule has 2 rings (SSSR count). The number of rotatable bonds is 2. The molecule has 0 saturated heterocycles. The van der Waals surface area contributed by atoms with Gasteiger partial charge in [-0.3, -0.25) is 0 Å². The van der Waals surface area contributed by atoms with E-state index in [0.29, 0.717) is 5.75 Å². The average Bonchev–Trinajstić information content (AvgIpc) is 2.79. The number of benzene rings is 1. The first-order valence-corrected chi connectivity index (χ1v) is 5.08. The van der Waals surface area contributed by atoms with Crippen molar-refractivity contribution < 1.29 is 5.11 Å². The summed E-state index contributed by atoms with van der Waals surface area (Å²) in [5, 5.41) is 9.86. The van der Waals surface area contributed by atoms with E-state index in [-0.39, 0.29) is 5.54 Å². The first-order valence-electron chi connectivity index (χ1n) is 5.08. The molecule has 1 aliphatic carbocycles. The molecule has 1 aromatic rings. The first kappa shape index (κ1) is 9.53. The van der Waals surface area contributed by atoms with Crippen molar-refractivity contribution in [2.75, 3.05) is 0 Å². The van der Waals surface area contributed by atoms with Crippen molar-refractivity contribution in [3.8, 4) is 5.75 Å². The second kappa shape index (κ2) is 2.99. The van der Waals surface area contributed by atoms with Gasteiger partial charge in [0.05, 0.1) is 0 Å². The van der Waals surface area contributed by atoms with Gasteiger partial charge in [0, 0.05) is 5.54 Å². The third-order valence-electron chi connectivity index (χ3n) is 2.96. The molecule has 1 fully saturated rings. The van der Waals surface area contributed by atoms with Gasteiger partial charge in [-0.2, -0.15) is 0 Å². The lowest BCUT2D eigenvalue weighted by Gasteiger charge is -2.12. The predicted molar refractivity (Wildman–Crippen MR) is 57.4 cm³/mol. The summed E-state index contributed by atoms with van der Waals surface area (Å²) in [6.07, 6.45) is 2.97. The van der Waals surface area contributed by atoms with Gasteiger partial charge in [0.15, 0.2) is 0 Å². The Morgan fingerprint density at radius 2 is 2.00 bits per heavy atom. The second-order valence-corrected chi connectivity index (χ2v) is 4.63. The molecule has 1 saturated carbocycles. The van der Waals surface area contributed by atoms with Crippen LogP contribution in [0.5, 0.6) is 5.75 Å². The molecule has 0 spiro atoms. The highest BCUT2D eigenvalue weighted by Crippen LogP contribution is 2.38. The minimum absolute atomic E-state index is 0.0300. The number of hydrogen-bond acceptors (Lipinski definition) is 2. The Morgan fingerprint density at radius 1 is 1.36 bits per heavy atom. The largest absolute Gasteiger partial charge is 0.507 e. The Balaban J connectivity index is 2.32. The number of hydrogen-bond donors (Lipinski definition) is 2. The van der Waals surface area contributed by atoms with Crippen LogP contribution in [0.3, 0.4) is 0 Å². The summed E-state index contributed by atoms with van der Waals surface area (Å²) >= 11 is 0. The number of aromatic hydroxyl groups is 1. The van der Waals surface area contributed by atoms with E-state index in [0.717, 1.165) is 30.4 Å². The van der Waals surface area contributed by atoms with Crippen LogP contribution in [0.4, 0.5) is 0 Å². The smallest absolute Gasteiger partial charge is 0.121 e. The SMILES string of the molecule is Cc1cc(C)c(O)c(CC2(N)CC2)c1. The van der Waals surface area contributed by atoms with Crippen LogP contribution in [0, 0.1) is 13.8 Å². The van der Waals surface area contributed by atoms with Gasteiger partial charge >= 0.3 is 0 Å². The Bertz CT molecular complexity index is 367. The molecule has 0 heterocycles. The van der Waals surface area contributed by atoms with Crippen molar-refractivity contribution >= 4 is 0 Å². The molecular formula is C12H17NO. The van der Waals surface area contributed by atoms with Crippen LogP contribution in [0.1, 0.15) is 29.5 Å². The molecule has 0 aromatic heterocycles. The highest BCUT2D eigenvalue weighted by Gasteiger charge is 2.38. The van der Waals surface area contributed by atoms with Crippen LogP contribution in [0.25, 0.3) is 0 Å². The Kier molecular flexibility index (Phi) is 2.04. The standard InChI is InChI=1S/C12H17NO/c1-8-5-9(2)11(14)10(6-8)7-12(13)3-4-12/h5-6,14H,3-4,7,13H2,1-2H3. The molecule has 0 aliphatic heterocycles. The molecule has 14 heavy (non-hydrogen) atoms. The van der Waals surface area contributed by atoms with Crippen molar-refractivity contribution in [1.29, 1.82) is 0 Å². The molecule has 0 atom stereocenters. The molecule has 1 aromatic carbocycles. The van der Waals surface area contributed by atoms with Crippen molar-refractivity contribution in [2.45, 2.75) is 38.6 Å². The fourth-order valence-corrected chi connectivity index (χ4v) is 1.90.